The van der Waals surface area contributed by atoms with Gasteiger partial charge in [0.1, 0.15) is 6.04 Å². The molecule has 1 fully saturated rings. The Bertz CT molecular complexity index is 1470. The Hall–Kier alpha value is -3.85. The molecule has 3 atom stereocenters. The number of rotatable bonds is 7. The van der Waals surface area contributed by atoms with E-state index in [-0.39, 0.29) is 35.6 Å². The lowest BCUT2D eigenvalue weighted by molar-refractivity contribution is -0.136. The molecule has 0 saturated carbocycles. The van der Waals surface area contributed by atoms with Gasteiger partial charge in [-0.15, -0.1) is 0 Å². The van der Waals surface area contributed by atoms with Crippen molar-refractivity contribution in [1.29, 1.82) is 0 Å². The fourth-order valence-electron chi connectivity index (χ4n) is 6.84. The van der Waals surface area contributed by atoms with Crippen molar-refractivity contribution >= 4 is 28.7 Å². The number of piperidine rings is 1. The summed E-state index contributed by atoms with van der Waals surface area (Å²) in [7, 11) is 3.62. The SMILES string of the molecule is C[C@H](c1c[nH]c2ccccc12)C(NC(=O)NC(C)(C)CN)C(=O)N1CCC2(CC1)C[C@@H](C(=O)N(C)C)c1ccccc12. The highest BCUT2D eigenvalue weighted by Crippen LogP contribution is 2.52. The van der Waals surface area contributed by atoms with Gasteiger partial charge in [-0.1, -0.05) is 49.4 Å². The molecule has 42 heavy (non-hydrogen) atoms. The molecule has 0 radical (unpaired) electrons. The first-order valence-electron chi connectivity index (χ1n) is 14.9. The maximum Gasteiger partial charge on any atom is 0.315 e. The summed E-state index contributed by atoms with van der Waals surface area (Å²) in [5, 5.41) is 6.96. The Morgan fingerprint density at radius 2 is 1.76 bits per heavy atom. The van der Waals surface area contributed by atoms with E-state index in [1.54, 1.807) is 4.90 Å². The van der Waals surface area contributed by atoms with Gasteiger partial charge in [-0.25, -0.2) is 4.79 Å². The van der Waals surface area contributed by atoms with Crippen molar-refractivity contribution in [3.05, 3.63) is 71.4 Å². The third-order valence-corrected chi connectivity index (χ3v) is 9.40. The molecular weight excluding hydrogens is 528 g/mol. The number of aromatic amines is 1. The monoisotopic (exact) mass is 572 g/mol. The predicted molar refractivity (Wildman–Crippen MR) is 165 cm³/mol. The number of likely N-dealkylation sites (N-methyl/N-ethyl adjacent to an activating group) is 1. The van der Waals surface area contributed by atoms with Crippen LogP contribution in [-0.2, 0) is 15.0 Å². The summed E-state index contributed by atoms with van der Waals surface area (Å²) < 4.78 is 0. The number of benzene rings is 2. The lowest BCUT2D eigenvalue weighted by Crippen LogP contribution is -2.59. The zero-order chi connectivity index (χ0) is 30.2. The Morgan fingerprint density at radius 1 is 1.10 bits per heavy atom. The second-order valence-electron chi connectivity index (χ2n) is 12.9. The van der Waals surface area contributed by atoms with E-state index in [2.05, 4.69) is 27.8 Å². The number of amides is 4. The normalized spacial score (nSPS) is 19.3. The van der Waals surface area contributed by atoms with E-state index in [1.807, 2.05) is 82.4 Å². The number of nitrogens with one attached hydrogen (secondary N) is 3. The molecule has 9 nitrogen and oxygen atoms in total. The Kier molecular flexibility index (Phi) is 8.07. The molecule has 5 rings (SSSR count). The van der Waals surface area contributed by atoms with Gasteiger partial charge < -0.3 is 31.2 Å². The van der Waals surface area contributed by atoms with Crippen LogP contribution in [0.15, 0.2) is 54.7 Å². The molecule has 1 saturated heterocycles. The van der Waals surface area contributed by atoms with Crippen molar-refractivity contribution in [1.82, 2.24) is 25.4 Å². The highest BCUT2D eigenvalue weighted by molar-refractivity contribution is 5.91. The number of nitrogens with two attached hydrogens (primary N) is 1. The number of nitrogens with zero attached hydrogens (tertiary/aromatic N) is 2. The average molecular weight is 573 g/mol. The summed E-state index contributed by atoms with van der Waals surface area (Å²) in [6, 6.07) is 15.1. The first kappa shape index (κ1) is 29.6. The van der Waals surface area contributed by atoms with Crippen molar-refractivity contribution in [2.24, 2.45) is 5.73 Å². The van der Waals surface area contributed by atoms with Gasteiger partial charge in [-0.05, 0) is 55.9 Å². The molecule has 2 aliphatic rings. The van der Waals surface area contributed by atoms with Crippen molar-refractivity contribution < 1.29 is 14.4 Å². The molecule has 5 N–H and O–H groups in total. The number of hydrogen-bond acceptors (Lipinski definition) is 4. The summed E-state index contributed by atoms with van der Waals surface area (Å²) in [6.45, 7) is 7.08. The van der Waals surface area contributed by atoms with Crippen molar-refractivity contribution in [2.75, 3.05) is 33.7 Å². The first-order chi connectivity index (χ1) is 20.0. The van der Waals surface area contributed by atoms with E-state index in [9.17, 15) is 14.4 Å². The van der Waals surface area contributed by atoms with Crippen LogP contribution in [0.2, 0.25) is 0 Å². The minimum absolute atomic E-state index is 0.101. The molecule has 2 heterocycles. The zero-order valence-corrected chi connectivity index (χ0v) is 25.4. The number of H-pyrrole nitrogens is 1. The predicted octanol–water partition coefficient (Wildman–Crippen LogP) is 3.81. The quantitative estimate of drug-likeness (QED) is 0.344. The summed E-state index contributed by atoms with van der Waals surface area (Å²) in [4.78, 5) is 47.4. The number of carbonyl (C=O) groups excluding carboxylic acids is 3. The molecular formula is C33H44N6O3. The molecule has 1 aliphatic heterocycles. The fourth-order valence-corrected chi connectivity index (χ4v) is 6.84. The van der Waals surface area contributed by atoms with Crippen LogP contribution in [0.5, 0.6) is 0 Å². The average Bonchev–Trinajstić information content (AvgIpc) is 3.55. The summed E-state index contributed by atoms with van der Waals surface area (Å²) in [5.74, 6) is -0.425. The fraction of sp³-hybridized carbons (Fsp3) is 0.485. The van der Waals surface area contributed by atoms with E-state index in [1.165, 1.54) is 5.56 Å². The Labute approximate surface area is 248 Å². The molecule has 1 spiro atoms. The number of carbonyl (C=O) groups is 3. The van der Waals surface area contributed by atoms with Crippen molar-refractivity contribution in [3.63, 3.8) is 0 Å². The van der Waals surface area contributed by atoms with Crippen LogP contribution in [0.25, 0.3) is 10.9 Å². The van der Waals surface area contributed by atoms with Crippen LogP contribution < -0.4 is 16.4 Å². The van der Waals surface area contributed by atoms with Gasteiger partial charge in [0, 0.05) is 67.7 Å². The standard InChI is InChI=1S/C33H44N6O3/c1-21(25-19-35-27-13-9-7-11-23(25)27)28(36-31(42)37-32(2,3)20-34)30(41)39-16-14-33(15-17-39)18-24(29(40)38(4)5)22-10-6-8-12-26(22)33/h6-13,19,21,24,28,35H,14-18,20,34H2,1-5H3,(H2,36,37,42)/t21-,24-,28?/m1/s1. The summed E-state index contributed by atoms with van der Waals surface area (Å²) >= 11 is 0. The maximum absolute atomic E-state index is 14.2. The smallest absolute Gasteiger partial charge is 0.315 e. The van der Waals surface area contributed by atoms with E-state index in [0.717, 1.165) is 41.3 Å². The Balaban J connectivity index is 1.38. The number of aromatic nitrogens is 1. The Morgan fingerprint density at radius 3 is 2.45 bits per heavy atom. The van der Waals surface area contributed by atoms with Gasteiger partial charge in [0.25, 0.3) is 0 Å². The topological polar surface area (TPSA) is 124 Å². The summed E-state index contributed by atoms with van der Waals surface area (Å²) in [5.41, 5.74) is 9.41. The van der Waals surface area contributed by atoms with Crippen LogP contribution >= 0.6 is 0 Å². The number of likely N-dealkylation sites (tertiary alicyclic amines) is 1. The third kappa shape index (κ3) is 5.50. The van der Waals surface area contributed by atoms with Crippen LogP contribution in [0, 0.1) is 0 Å². The molecule has 1 aliphatic carbocycles. The lowest BCUT2D eigenvalue weighted by atomic mass is 9.73. The van der Waals surface area contributed by atoms with E-state index >= 15 is 0 Å². The molecule has 224 valence electrons. The first-order valence-corrected chi connectivity index (χ1v) is 14.9. The number of urea groups is 1. The molecule has 4 amide bonds. The molecule has 9 heteroatoms. The number of hydrogen-bond donors (Lipinski definition) is 4. The second kappa shape index (κ2) is 11.4. The number of fused-ring (bicyclic) bond motifs is 3. The highest BCUT2D eigenvalue weighted by atomic mass is 16.2. The zero-order valence-electron chi connectivity index (χ0n) is 25.4. The van der Waals surface area contributed by atoms with Crippen LogP contribution in [0.3, 0.4) is 0 Å². The van der Waals surface area contributed by atoms with Crippen LogP contribution in [0.1, 0.15) is 68.6 Å². The summed E-state index contributed by atoms with van der Waals surface area (Å²) in [6.07, 6.45) is 4.23. The van der Waals surface area contributed by atoms with Gasteiger partial charge in [0.05, 0.1) is 5.92 Å². The van der Waals surface area contributed by atoms with Gasteiger partial charge in [-0.2, -0.15) is 0 Å². The minimum Gasteiger partial charge on any atom is -0.361 e. The van der Waals surface area contributed by atoms with Gasteiger partial charge in [0.2, 0.25) is 11.8 Å². The van der Waals surface area contributed by atoms with E-state index < -0.39 is 17.6 Å². The van der Waals surface area contributed by atoms with Crippen LogP contribution in [0.4, 0.5) is 4.79 Å². The minimum atomic E-state index is -0.772. The lowest BCUT2D eigenvalue weighted by Gasteiger charge is -2.42. The van der Waals surface area contributed by atoms with Gasteiger partial charge in [-0.3, -0.25) is 9.59 Å². The largest absolute Gasteiger partial charge is 0.361 e. The number of para-hydroxylation sites is 1. The highest BCUT2D eigenvalue weighted by Gasteiger charge is 2.49. The van der Waals surface area contributed by atoms with Crippen molar-refractivity contribution in [3.8, 4) is 0 Å². The molecule has 1 unspecified atom stereocenters. The molecule has 2 aromatic carbocycles. The molecule has 3 aromatic rings. The van der Waals surface area contributed by atoms with E-state index in [0.29, 0.717) is 13.1 Å². The maximum atomic E-state index is 14.2. The van der Waals surface area contributed by atoms with Crippen LogP contribution in [-0.4, -0.2) is 77.9 Å². The third-order valence-electron chi connectivity index (χ3n) is 9.40. The molecule has 0 bridgehead atoms. The van der Waals surface area contributed by atoms with E-state index in [4.69, 9.17) is 5.73 Å². The van der Waals surface area contributed by atoms with Gasteiger partial charge in [0.15, 0.2) is 0 Å². The van der Waals surface area contributed by atoms with Crippen molar-refractivity contribution in [2.45, 2.75) is 68.9 Å². The van der Waals surface area contributed by atoms with Gasteiger partial charge >= 0.3 is 6.03 Å². The molecule has 1 aromatic heterocycles. The second-order valence-corrected chi connectivity index (χ2v) is 12.9.